The molecule has 3 nitrogen and oxygen atoms in total. The van der Waals surface area contributed by atoms with Gasteiger partial charge in [0.25, 0.3) is 0 Å². The maximum atomic E-state index is 10.9. The molecule has 2 aromatic rings. The summed E-state index contributed by atoms with van der Waals surface area (Å²) < 4.78 is 4.85. The van der Waals surface area contributed by atoms with Gasteiger partial charge in [-0.2, -0.15) is 0 Å². The molecule has 1 aromatic heterocycles. The normalized spacial score (nSPS) is 10.4. The van der Waals surface area contributed by atoms with Crippen LogP contribution in [0.5, 0.6) is 0 Å². The van der Waals surface area contributed by atoms with E-state index in [-0.39, 0.29) is 0 Å². The molecule has 0 aliphatic carbocycles. The number of hydrogen-bond donors (Lipinski definition) is 1. The molecule has 72 valence electrons. The quantitative estimate of drug-likeness (QED) is 0.785. The Morgan fingerprint density at radius 1 is 1.36 bits per heavy atom. The van der Waals surface area contributed by atoms with E-state index in [2.05, 4.69) is 4.98 Å². The van der Waals surface area contributed by atoms with Gasteiger partial charge in [0.15, 0.2) is 0 Å². The lowest BCUT2D eigenvalue weighted by Gasteiger charge is -2.00. The van der Waals surface area contributed by atoms with Crippen LogP contribution >= 0.6 is 11.6 Å². The zero-order valence-corrected chi connectivity index (χ0v) is 8.26. The number of benzene rings is 1. The monoisotopic (exact) mass is 209 g/mol. The lowest BCUT2D eigenvalue weighted by atomic mass is 10.1. The molecule has 0 aliphatic rings. The van der Waals surface area contributed by atoms with Crippen molar-refractivity contribution in [2.45, 2.75) is 6.92 Å². The van der Waals surface area contributed by atoms with Crippen LogP contribution in [0.25, 0.3) is 11.3 Å². The van der Waals surface area contributed by atoms with Crippen LogP contribution in [-0.4, -0.2) is 4.98 Å². The summed E-state index contributed by atoms with van der Waals surface area (Å²) in [4.78, 5) is 13.5. The van der Waals surface area contributed by atoms with E-state index >= 15 is 0 Å². The van der Waals surface area contributed by atoms with Gasteiger partial charge in [0, 0.05) is 5.56 Å². The van der Waals surface area contributed by atoms with Crippen molar-refractivity contribution < 1.29 is 4.42 Å². The van der Waals surface area contributed by atoms with E-state index in [1.807, 2.05) is 18.2 Å². The molecule has 2 rings (SSSR count). The lowest BCUT2D eigenvalue weighted by molar-refractivity contribution is 0.488. The average Bonchev–Trinajstić information content (AvgIpc) is 2.46. The number of halogens is 1. The SMILES string of the molecule is Cc1oc(=O)[nH]c1-c1ccccc1Cl. The smallest absolute Gasteiger partial charge is 0.413 e. The van der Waals surface area contributed by atoms with Crippen LogP contribution in [0.4, 0.5) is 0 Å². The first-order valence-corrected chi connectivity index (χ1v) is 4.51. The third-order valence-corrected chi connectivity index (χ3v) is 2.30. The minimum atomic E-state index is -0.461. The van der Waals surface area contributed by atoms with Crippen LogP contribution in [-0.2, 0) is 0 Å². The third-order valence-electron chi connectivity index (χ3n) is 1.97. The summed E-state index contributed by atoms with van der Waals surface area (Å²) in [6.07, 6.45) is 0. The number of aromatic amines is 1. The van der Waals surface area contributed by atoms with Gasteiger partial charge in [0.1, 0.15) is 5.76 Å². The Bertz CT molecular complexity index is 513. The van der Waals surface area contributed by atoms with E-state index in [1.165, 1.54) is 0 Å². The van der Waals surface area contributed by atoms with Crippen molar-refractivity contribution in [3.63, 3.8) is 0 Å². The molecule has 0 saturated carbocycles. The third kappa shape index (κ3) is 1.46. The van der Waals surface area contributed by atoms with E-state index in [0.717, 1.165) is 5.56 Å². The zero-order valence-electron chi connectivity index (χ0n) is 7.50. The molecule has 0 spiro atoms. The van der Waals surface area contributed by atoms with Crippen molar-refractivity contribution in [2.24, 2.45) is 0 Å². The zero-order chi connectivity index (χ0) is 10.1. The largest absolute Gasteiger partial charge is 0.416 e. The van der Waals surface area contributed by atoms with Crippen molar-refractivity contribution in [1.82, 2.24) is 4.98 Å². The second-order valence-electron chi connectivity index (χ2n) is 2.93. The van der Waals surface area contributed by atoms with Crippen molar-refractivity contribution in [2.75, 3.05) is 0 Å². The summed E-state index contributed by atoms with van der Waals surface area (Å²) in [5.74, 6) is 0.0838. The number of rotatable bonds is 1. The maximum absolute atomic E-state index is 10.9. The highest BCUT2D eigenvalue weighted by Gasteiger charge is 2.10. The fourth-order valence-electron chi connectivity index (χ4n) is 1.33. The van der Waals surface area contributed by atoms with Crippen LogP contribution in [0.2, 0.25) is 5.02 Å². The second-order valence-corrected chi connectivity index (χ2v) is 3.33. The Hall–Kier alpha value is -1.48. The fraction of sp³-hybridized carbons (Fsp3) is 0.100. The Labute approximate surface area is 85.3 Å². The number of hydrogen-bond acceptors (Lipinski definition) is 2. The molecule has 1 heterocycles. The summed E-state index contributed by atoms with van der Waals surface area (Å²) >= 11 is 5.98. The topological polar surface area (TPSA) is 46.0 Å². The molecule has 0 fully saturated rings. The summed E-state index contributed by atoms with van der Waals surface area (Å²) in [5.41, 5.74) is 1.41. The molecule has 0 radical (unpaired) electrons. The van der Waals surface area contributed by atoms with Gasteiger partial charge in [-0.25, -0.2) is 4.79 Å². The van der Waals surface area contributed by atoms with E-state index in [9.17, 15) is 4.79 Å². The molecule has 0 bridgehead atoms. The lowest BCUT2D eigenvalue weighted by Crippen LogP contribution is -1.94. The molecule has 14 heavy (non-hydrogen) atoms. The number of oxazole rings is 1. The number of nitrogens with one attached hydrogen (secondary N) is 1. The van der Waals surface area contributed by atoms with Gasteiger partial charge in [-0.1, -0.05) is 29.8 Å². The highest BCUT2D eigenvalue weighted by atomic mass is 35.5. The molecular weight excluding hydrogens is 202 g/mol. The number of H-pyrrole nitrogens is 1. The molecular formula is C10H8ClNO2. The van der Waals surface area contributed by atoms with E-state index in [4.69, 9.17) is 16.0 Å². The first-order chi connectivity index (χ1) is 6.68. The summed E-state index contributed by atoms with van der Waals surface area (Å²) in [7, 11) is 0. The van der Waals surface area contributed by atoms with Gasteiger partial charge in [-0.3, -0.25) is 4.98 Å². The van der Waals surface area contributed by atoms with Crippen LogP contribution < -0.4 is 5.76 Å². The first-order valence-electron chi connectivity index (χ1n) is 4.13. The predicted octanol–water partition coefficient (Wildman–Crippen LogP) is 2.60. The van der Waals surface area contributed by atoms with Gasteiger partial charge in [0.05, 0.1) is 10.7 Å². The van der Waals surface area contributed by atoms with E-state index < -0.39 is 5.76 Å². The molecule has 0 aliphatic heterocycles. The number of aryl methyl sites for hydroxylation is 1. The maximum Gasteiger partial charge on any atom is 0.416 e. The van der Waals surface area contributed by atoms with Gasteiger partial charge in [-0.15, -0.1) is 0 Å². The van der Waals surface area contributed by atoms with Gasteiger partial charge in [-0.05, 0) is 13.0 Å². The number of aromatic nitrogens is 1. The van der Waals surface area contributed by atoms with Crippen molar-refractivity contribution >= 4 is 11.6 Å². The predicted molar refractivity (Wildman–Crippen MR) is 54.5 cm³/mol. The van der Waals surface area contributed by atoms with Gasteiger partial charge >= 0.3 is 5.76 Å². The van der Waals surface area contributed by atoms with E-state index in [0.29, 0.717) is 16.5 Å². The molecule has 0 amide bonds. The molecule has 0 atom stereocenters. The van der Waals surface area contributed by atoms with Crippen molar-refractivity contribution in [1.29, 1.82) is 0 Å². The first kappa shape index (κ1) is 9.09. The Balaban J connectivity index is 2.66. The van der Waals surface area contributed by atoms with E-state index in [1.54, 1.807) is 13.0 Å². The highest BCUT2D eigenvalue weighted by Crippen LogP contribution is 2.27. The van der Waals surface area contributed by atoms with Crippen LogP contribution in [0.1, 0.15) is 5.76 Å². The van der Waals surface area contributed by atoms with Crippen LogP contribution in [0.3, 0.4) is 0 Å². The highest BCUT2D eigenvalue weighted by molar-refractivity contribution is 6.33. The van der Waals surface area contributed by atoms with Gasteiger partial charge in [0.2, 0.25) is 0 Å². The van der Waals surface area contributed by atoms with Crippen LogP contribution in [0, 0.1) is 6.92 Å². The van der Waals surface area contributed by atoms with Crippen molar-refractivity contribution in [3.05, 3.63) is 45.6 Å². The molecule has 1 N–H and O–H groups in total. The Morgan fingerprint density at radius 2 is 2.07 bits per heavy atom. The average molecular weight is 210 g/mol. The summed E-state index contributed by atoms with van der Waals surface area (Å²) in [6.45, 7) is 1.72. The Kier molecular flexibility index (Phi) is 2.17. The van der Waals surface area contributed by atoms with Crippen molar-refractivity contribution in [3.8, 4) is 11.3 Å². The fourth-order valence-corrected chi connectivity index (χ4v) is 1.56. The summed E-state index contributed by atoms with van der Waals surface area (Å²) in [5, 5.41) is 0.590. The minimum absolute atomic E-state index is 0.461. The molecule has 0 unspecified atom stereocenters. The molecule has 0 saturated heterocycles. The molecule has 1 aromatic carbocycles. The summed E-state index contributed by atoms with van der Waals surface area (Å²) in [6, 6.07) is 7.28. The second kappa shape index (κ2) is 3.35. The Morgan fingerprint density at radius 3 is 2.64 bits per heavy atom. The minimum Gasteiger partial charge on any atom is -0.413 e. The van der Waals surface area contributed by atoms with Gasteiger partial charge < -0.3 is 4.42 Å². The standard InChI is InChI=1S/C10H8ClNO2/c1-6-9(12-10(13)14-6)7-4-2-3-5-8(7)11/h2-5H,1H3,(H,12,13). The van der Waals surface area contributed by atoms with Crippen LogP contribution in [0.15, 0.2) is 33.5 Å². The molecule has 4 heteroatoms.